The van der Waals surface area contributed by atoms with E-state index in [0.717, 1.165) is 24.5 Å². The quantitative estimate of drug-likeness (QED) is 0.779. The second-order valence-electron chi connectivity index (χ2n) is 4.80. The van der Waals surface area contributed by atoms with Gasteiger partial charge < -0.3 is 0 Å². The van der Waals surface area contributed by atoms with Crippen molar-refractivity contribution in [2.24, 2.45) is 3.77 Å². The summed E-state index contributed by atoms with van der Waals surface area (Å²) in [6.45, 7) is 0. The van der Waals surface area contributed by atoms with Gasteiger partial charge in [-0.15, -0.1) is 3.77 Å². The molecule has 0 saturated carbocycles. The summed E-state index contributed by atoms with van der Waals surface area (Å²) in [6.07, 6.45) is -3.85. The molecule has 1 unspecified atom stereocenters. The van der Waals surface area contributed by atoms with Gasteiger partial charge in [0.2, 0.25) is 0 Å². The minimum atomic E-state index is -4.88. The monoisotopic (exact) mass is 397 g/mol. The highest BCUT2D eigenvalue weighted by Gasteiger charge is 2.37. The van der Waals surface area contributed by atoms with Crippen LogP contribution in [-0.2, 0) is 25.9 Å². The topological polar surface area (TPSA) is 63.6 Å². The summed E-state index contributed by atoms with van der Waals surface area (Å²) in [6, 6.07) is 8.97. The highest BCUT2D eigenvalue weighted by Crippen LogP contribution is 2.35. The number of rotatable bonds is 3. The average Bonchev–Trinajstić information content (AvgIpc) is 2.46. The molecule has 10 heteroatoms. The van der Waals surface area contributed by atoms with Crippen LogP contribution in [0.3, 0.4) is 0 Å². The molecule has 2 aromatic rings. The Labute approximate surface area is 142 Å². The van der Waals surface area contributed by atoms with E-state index in [2.05, 4.69) is 3.77 Å². The Bertz CT molecular complexity index is 977. The first kappa shape index (κ1) is 18.8. The third-order valence-electron chi connectivity index (χ3n) is 2.96. The number of benzene rings is 2. The van der Waals surface area contributed by atoms with E-state index in [4.69, 9.17) is 11.6 Å². The number of sulfonamides is 1. The van der Waals surface area contributed by atoms with E-state index in [1.54, 1.807) is 0 Å². The maximum absolute atomic E-state index is 13.0. The smallest absolute Gasteiger partial charge is 0.244 e. The van der Waals surface area contributed by atoms with E-state index in [0.29, 0.717) is 11.1 Å². The Hall–Kier alpha value is -1.58. The van der Waals surface area contributed by atoms with Crippen molar-refractivity contribution < 1.29 is 25.8 Å². The summed E-state index contributed by atoms with van der Waals surface area (Å²) in [5, 5.41) is 0.333. The molecule has 0 aromatic heterocycles. The standard InChI is InChI=1S/C14H11ClF3NO3S2/c1-23(20,11-8-6-10(15)7-9-11)19-24(21,22)13-5-3-2-4-12(13)14(16,17)18/h2-9H,1H3. The Morgan fingerprint density at radius 3 is 2.04 bits per heavy atom. The lowest BCUT2D eigenvalue weighted by molar-refractivity contribution is -0.139. The zero-order valence-corrected chi connectivity index (χ0v) is 14.5. The molecule has 2 aromatic carbocycles. The lowest BCUT2D eigenvalue weighted by Crippen LogP contribution is -2.13. The van der Waals surface area contributed by atoms with E-state index in [1.807, 2.05) is 0 Å². The van der Waals surface area contributed by atoms with E-state index in [9.17, 15) is 25.8 Å². The van der Waals surface area contributed by atoms with Crippen LogP contribution in [0.2, 0.25) is 5.02 Å². The fourth-order valence-corrected chi connectivity index (χ4v) is 5.53. The SMILES string of the molecule is CS(=O)(=NS(=O)(=O)c1ccccc1C(F)(F)F)c1ccc(Cl)cc1. The van der Waals surface area contributed by atoms with Crippen LogP contribution in [0.4, 0.5) is 13.2 Å². The Morgan fingerprint density at radius 1 is 0.958 bits per heavy atom. The van der Waals surface area contributed by atoms with Gasteiger partial charge in [-0.1, -0.05) is 23.7 Å². The maximum Gasteiger partial charge on any atom is 0.417 e. The van der Waals surface area contributed by atoms with Gasteiger partial charge in [0.05, 0.1) is 15.3 Å². The molecule has 130 valence electrons. The Kier molecular flexibility index (Phi) is 4.98. The van der Waals surface area contributed by atoms with Crippen LogP contribution in [0, 0.1) is 0 Å². The molecule has 1 atom stereocenters. The van der Waals surface area contributed by atoms with Gasteiger partial charge in [-0.05, 0) is 36.4 Å². The van der Waals surface area contributed by atoms with Gasteiger partial charge in [0, 0.05) is 16.2 Å². The zero-order valence-electron chi connectivity index (χ0n) is 12.1. The van der Waals surface area contributed by atoms with Crippen molar-refractivity contribution in [1.29, 1.82) is 0 Å². The largest absolute Gasteiger partial charge is 0.417 e. The number of hydrogen-bond acceptors (Lipinski definition) is 3. The average molecular weight is 398 g/mol. The Balaban J connectivity index is 2.64. The number of alkyl halides is 3. The van der Waals surface area contributed by atoms with Crippen molar-refractivity contribution in [3.8, 4) is 0 Å². The van der Waals surface area contributed by atoms with Crippen molar-refractivity contribution in [3.05, 3.63) is 59.1 Å². The molecule has 2 rings (SSSR count). The minimum absolute atomic E-state index is 0.0416. The lowest BCUT2D eigenvalue weighted by Gasteiger charge is -2.11. The maximum atomic E-state index is 13.0. The molecule has 0 heterocycles. The van der Waals surface area contributed by atoms with Crippen molar-refractivity contribution in [2.45, 2.75) is 16.0 Å². The van der Waals surface area contributed by atoms with Crippen LogP contribution in [0.1, 0.15) is 5.56 Å². The van der Waals surface area contributed by atoms with E-state index >= 15 is 0 Å². The third-order valence-corrected chi connectivity index (χ3v) is 7.20. The van der Waals surface area contributed by atoms with Crippen LogP contribution >= 0.6 is 11.6 Å². The second-order valence-corrected chi connectivity index (χ2v) is 9.30. The molecule has 0 saturated heterocycles. The molecule has 0 amide bonds. The summed E-state index contributed by atoms with van der Waals surface area (Å²) in [7, 11) is -8.28. The van der Waals surface area contributed by atoms with Gasteiger partial charge in [-0.3, -0.25) is 0 Å². The molecule has 0 N–H and O–H groups in total. The first-order chi connectivity index (χ1) is 10.9. The highest BCUT2D eigenvalue weighted by atomic mass is 35.5. The zero-order chi connectivity index (χ0) is 18.2. The fraction of sp³-hybridized carbons (Fsp3) is 0.143. The van der Waals surface area contributed by atoms with Crippen molar-refractivity contribution >= 4 is 31.4 Å². The van der Waals surface area contributed by atoms with Crippen LogP contribution in [0.25, 0.3) is 0 Å². The second kappa shape index (κ2) is 6.38. The molecule has 0 fully saturated rings. The predicted molar refractivity (Wildman–Crippen MR) is 84.8 cm³/mol. The van der Waals surface area contributed by atoms with E-state index < -0.39 is 36.4 Å². The highest BCUT2D eigenvalue weighted by molar-refractivity contribution is 8.03. The summed E-state index contributed by atoms with van der Waals surface area (Å²) in [5.41, 5.74) is -1.36. The summed E-state index contributed by atoms with van der Waals surface area (Å²) in [4.78, 5) is -0.999. The van der Waals surface area contributed by atoms with Gasteiger partial charge in [-0.25, -0.2) is 4.21 Å². The summed E-state index contributed by atoms with van der Waals surface area (Å²) < 4.78 is 79.3. The first-order valence-electron chi connectivity index (χ1n) is 6.34. The van der Waals surface area contributed by atoms with Gasteiger partial charge >= 0.3 is 6.18 Å². The van der Waals surface area contributed by atoms with E-state index in [1.165, 1.54) is 24.3 Å². The van der Waals surface area contributed by atoms with Crippen molar-refractivity contribution in [3.63, 3.8) is 0 Å². The van der Waals surface area contributed by atoms with Gasteiger partial charge in [0.15, 0.2) is 0 Å². The van der Waals surface area contributed by atoms with Gasteiger partial charge in [0.1, 0.15) is 4.90 Å². The number of halogens is 4. The minimum Gasteiger partial charge on any atom is -0.244 e. The van der Waals surface area contributed by atoms with Crippen LogP contribution in [0.5, 0.6) is 0 Å². The molecular formula is C14H11ClF3NO3S2. The van der Waals surface area contributed by atoms with E-state index in [-0.39, 0.29) is 4.90 Å². The summed E-state index contributed by atoms with van der Waals surface area (Å²) in [5.74, 6) is 0. The molecule has 0 aliphatic carbocycles. The molecule has 4 nitrogen and oxygen atoms in total. The van der Waals surface area contributed by atoms with Crippen LogP contribution in [0.15, 0.2) is 62.1 Å². The van der Waals surface area contributed by atoms with Crippen molar-refractivity contribution in [1.82, 2.24) is 0 Å². The summed E-state index contributed by atoms with van der Waals surface area (Å²) >= 11 is 5.70. The fourth-order valence-electron chi connectivity index (χ4n) is 1.88. The molecule has 0 radical (unpaired) electrons. The molecule has 0 aliphatic heterocycles. The van der Waals surface area contributed by atoms with Gasteiger partial charge in [0.25, 0.3) is 10.0 Å². The van der Waals surface area contributed by atoms with Crippen LogP contribution < -0.4 is 0 Å². The lowest BCUT2D eigenvalue weighted by atomic mass is 10.2. The molecule has 24 heavy (non-hydrogen) atoms. The number of hydrogen-bond donors (Lipinski definition) is 0. The van der Waals surface area contributed by atoms with Crippen LogP contribution in [-0.4, -0.2) is 18.9 Å². The molecule has 0 spiro atoms. The normalized spacial score (nSPS) is 14.9. The predicted octanol–water partition coefficient (Wildman–Crippen LogP) is 4.20. The molecular weight excluding hydrogens is 387 g/mol. The van der Waals surface area contributed by atoms with Crippen molar-refractivity contribution in [2.75, 3.05) is 6.26 Å². The molecule has 0 bridgehead atoms. The molecule has 0 aliphatic rings. The first-order valence-corrected chi connectivity index (χ1v) is 10.1. The number of nitrogens with zero attached hydrogens (tertiary/aromatic N) is 1. The third kappa shape index (κ3) is 4.08. The Morgan fingerprint density at radius 2 is 1.50 bits per heavy atom. The van der Waals surface area contributed by atoms with Gasteiger partial charge in [-0.2, -0.15) is 21.6 Å².